The van der Waals surface area contributed by atoms with Crippen LogP contribution in [0.2, 0.25) is 0 Å². The van der Waals surface area contributed by atoms with Crippen molar-refractivity contribution < 1.29 is 19.5 Å². The smallest absolute Gasteiger partial charge is 0.326 e. The number of likely N-dealkylation sites (tertiary alicyclic amines) is 1. The number of carbonyl (C=O) groups excluding carboxylic acids is 2. The van der Waals surface area contributed by atoms with Crippen molar-refractivity contribution in [1.82, 2.24) is 9.88 Å². The molecule has 112 valence electrons. The van der Waals surface area contributed by atoms with Crippen LogP contribution in [-0.4, -0.2) is 45.2 Å². The highest BCUT2D eigenvalue weighted by Gasteiger charge is 2.36. The Hall–Kier alpha value is -2.11. The van der Waals surface area contributed by atoms with E-state index in [4.69, 9.17) is 0 Å². The maximum absolute atomic E-state index is 12.6. The van der Waals surface area contributed by atoms with E-state index in [1.54, 1.807) is 6.92 Å². The van der Waals surface area contributed by atoms with E-state index in [9.17, 15) is 19.5 Å². The molecule has 0 radical (unpaired) electrons. The predicted molar refractivity (Wildman–Crippen MR) is 74.5 cm³/mol. The summed E-state index contributed by atoms with van der Waals surface area (Å²) in [6.07, 6.45) is 3.25. The van der Waals surface area contributed by atoms with E-state index in [2.05, 4.69) is 4.98 Å². The monoisotopic (exact) mass is 290 g/mol. The number of ketones is 1. The molecule has 1 aromatic rings. The van der Waals surface area contributed by atoms with Gasteiger partial charge in [0.25, 0.3) is 5.91 Å². The van der Waals surface area contributed by atoms with Crippen LogP contribution in [0.25, 0.3) is 0 Å². The number of carboxylic acids is 1. The number of fused-ring (bicyclic) bond motifs is 1. The Labute approximate surface area is 122 Å². The molecular weight excluding hydrogens is 272 g/mol. The highest BCUT2D eigenvalue weighted by Crippen LogP contribution is 2.28. The number of carbonyl (C=O) groups is 3. The number of aliphatic carboxylic acids is 1. The van der Waals surface area contributed by atoms with E-state index in [1.165, 1.54) is 4.90 Å². The molecule has 0 unspecified atom stereocenters. The van der Waals surface area contributed by atoms with Gasteiger partial charge in [-0.05, 0) is 38.2 Å². The molecule has 0 bridgehead atoms. The van der Waals surface area contributed by atoms with Crippen LogP contribution in [0.1, 0.15) is 57.8 Å². The normalized spacial score (nSPS) is 21.5. The highest BCUT2D eigenvalue weighted by molar-refractivity contribution is 6.04. The summed E-state index contributed by atoms with van der Waals surface area (Å²) in [7, 11) is 0. The molecule has 1 fully saturated rings. The number of aromatic amines is 1. The molecule has 1 atom stereocenters. The maximum Gasteiger partial charge on any atom is 0.326 e. The fraction of sp³-hybridized carbons (Fsp3) is 0.533. The van der Waals surface area contributed by atoms with Crippen LogP contribution < -0.4 is 0 Å². The van der Waals surface area contributed by atoms with Crippen molar-refractivity contribution in [2.24, 2.45) is 0 Å². The summed E-state index contributed by atoms with van der Waals surface area (Å²) >= 11 is 0. The molecule has 6 heteroatoms. The first-order chi connectivity index (χ1) is 10.0. The number of nitrogens with one attached hydrogen (secondary N) is 1. The number of hydrogen-bond donors (Lipinski definition) is 2. The molecule has 2 aliphatic rings. The van der Waals surface area contributed by atoms with E-state index in [-0.39, 0.29) is 11.7 Å². The number of hydrogen-bond acceptors (Lipinski definition) is 3. The molecule has 0 aromatic carbocycles. The minimum Gasteiger partial charge on any atom is -0.480 e. The third-order valence-corrected chi connectivity index (χ3v) is 4.45. The molecule has 0 saturated carbocycles. The van der Waals surface area contributed by atoms with E-state index >= 15 is 0 Å². The van der Waals surface area contributed by atoms with Gasteiger partial charge in [-0.25, -0.2) is 4.79 Å². The Balaban J connectivity index is 1.96. The Bertz CT molecular complexity index is 632. The second-order valence-corrected chi connectivity index (χ2v) is 5.75. The molecule has 2 heterocycles. The summed E-state index contributed by atoms with van der Waals surface area (Å²) in [5.74, 6) is -1.20. The van der Waals surface area contributed by atoms with E-state index in [1.807, 2.05) is 0 Å². The minimum absolute atomic E-state index is 0.0697. The minimum atomic E-state index is -0.967. The van der Waals surface area contributed by atoms with E-state index < -0.39 is 12.0 Å². The Morgan fingerprint density at radius 3 is 2.71 bits per heavy atom. The van der Waals surface area contributed by atoms with Crippen molar-refractivity contribution in [3.8, 4) is 0 Å². The highest BCUT2D eigenvalue weighted by atomic mass is 16.4. The number of aromatic nitrogens is 1. The number of aryl methyl sites for hydroxylation is 1. The van der Waals surface area contributed by atoms with Gasteiger partial charge in [-0.2, -0.15) is 0 Å². The molecular formula is C15H18N2O4. The zero-order valence-corrected chi connectivity index (χ0v) is 11.9. The fourth-order valence-electron chi connectivity index (χ4n) is 3.40. The Morgan fingerprint density at radius 1 is 1.29 bits per heavy atom. The van der Waals surface area contributed by atoms with Crippen LogP contribution in [0.15, 0.2) is 0 Å². The van der Waals surface area contributed by atoms with Gasteiger partial charge in [-0.1, -0.05) is 0 Å². The first-order valence-corrected chi connectivity index (χ1v) is 7.29. The van der Waals surface area contributed by atoms with E-state index in [0.717, 1.165) is 18.5 Å². The molecule has 1 aromatic heterocycles. The number of carboxylic acid groups (broad SMARTS) is 1. The average Bonchev–Trinajstić information content (AvgIpc) is 3.04. The second kappa shape index (κ2) is 5.02. The number of amides is 1. The standard InChI is InChI=1S/C15H18N2O4/c1-8-12-9(4-2-6-11(12)18)16-13(8)14(19)17-7-3-5-10(17)15(20)21/h10,16H,2-7H2,1H3,(H,20,21)/t10-/m1/s1. The lowest BCUT2D eigenvalue weighted by atomic mass is 9.93. The summed E-state index contributed by atoms with van der Waals surface area (Å²) in [6, 6.07) is -0.757. The SMILES string of the molecule is Cc1c(C(=O)N2CCC[C@@H]2C(=O)O)[nH]c2c1C(=O)CCC2. The summed E-state index contributed by atoms with van der Waals surface area (Å²) in [6.45, 7) is 2.21. The fourth-order valence-corrected chi connectivity index (χ4v) is 3.40. The molecule has 3 rings (SSSR count). The van der Waals surface area contributed by atoms with Crippen LogP contribution in [-0.2, 0) is 11.2 Å². The molecule has 1 amide bonds. The van der Waals surface area contributed by atoms with Crippen LogP contribution >= 0.6 is 0 Å². The topological polar surface area (TPSA) is 90.5 Å². The van der Waals surface area contributed by atoms with Crippen molar-refractivity contribution in [1.29, 1.82) is 0 Å². The molecule has 1 aliphatic heterocycles. The number of H-pyrrole nitrogens is 1. The lowest BCUT2D eigenvalue weighted by Gasteiger charge is -2.21. The zero-order chi connectivity index (χ0) is 15.1. The molecule has 21 heavy (non-hydrogen) atoms. The van der Waals surface area contributed by atoms with E-state index in [0.29, 0.717) is 42.6 Å². The number of nitrogens with zero attached hydrogens (tertiary/aromatic N) is 1. The predicted octanol–water partition coefficient (Wildman–Crippen LogP) is 1.53. The lowest BCUT2D eigenvalue weighted by molar-refractivity contribution is -0.141. The van der Waals surface area contributed by atoms with Gasteiger partial charge in [0.1, 0.15) is 11.7 Å². The maximum atomic E-state index is 12.6. The van der Waals surface area contributed by atoms with Gasteiger partial charge >= 0.3 is 5.97 Å². The Kier molecular flexibility index (Phi) is 3.31. The van der Waals surface area contributed by atoms with Crippen LogP contribution in [0.4, 0.5) is 0 Å². The van der Waals surface area contributed by atoms with Crippen molar-refractivity contribution in [2.75, 3.05) is 6.54 Å². The van der Waals surface area contributed by atoms with Gasteiger partial charge in [0.15, 0.2) is 5.78 Å². The van der Waals surface area contributed by atoms with Crippen molar-refractivity contribution >= 4 is 17.7 Å². The summed E-state index contributed by atoms with van der Waals surface area (Å²) in [4.78, 5) is 40.3. The van der Waals surface area contributed by atoms with Crippen LogP contribution in [0.5, 0.6) is 0 Å². The Morgan fingerprint density at radius 2 is 2.05 bits per heavy atom. The van der Waals surface area contributed by atoms with Gasteiger partial charge in [0, 0.05) is 24.2 Å². The number of rotatable bonds is 2. The van der Waals surface area contributed by atoms with Crippen LogP contribution in [0.3, 0.4) is 0 Å². The molecule has 2 N–H and O–H groups in total. The largest absolute Gasteiger partial charge is 0.480 e. The van der Waals surface area contributed by atoms with Gasteiger partial charge in [0.2, 0.25) is 0 Å². The van der Waals surface area contributed by atoms with Gasteiger partial charge < -0.3 is 15.0 Å². The van der Waals surface area contributed by atoms with Gasteiger partial charge in [-0.15, -0.1) is 0 Å². The number of Topliss-reactive ketones (excluding diaryl/α,β-unsaturated/α-hetero) is 1. The summed E-state index contributed by atoms with van der Waals surface area (Å²) in [5.41, 5.74) is 2.49. The first-order valence-electron chi connectivity index (χ1n) is 7.29. The second-order valence-electron chi connectivity index (χ2n) is 5.75. The summed E-state index contributed by atoms with van der Waals surface area (Å²) < 4.78 is 0. The van der Waals surface area contributed by atoms with Crippen molar-refractivity contribution in [2.45, 2.75) is 45.1 Å². The third-order valence-electron chi connectivity index (χ3n) is 4.45. The lowest BCUT2D eigenvalue weighted by Crippen LogP contribution is -2.40. The zero-order valence-electron chi connectivity index (χ0n) is 11.9. The van der Waals surface area contributed by atoms with Crippen molar-refractivity contribution in [3.05, 3.63) is 22.5 Å². The average molecular weight is 290 g/mol. The quantitative estimate of drug-likeness (QED) is 0.864. The molecule has 0 spiro atoms. The molecule has 1 saturated heterocycles. The first kappa shape index (κ1) is 13.9. The van der Waals surface area contributed by atoms with Gasteiger partial charge in [0.05, 0.1) is 0 Å². The third kappa shape index (κ3) is 2.14. The molecule has 6 nitrogen and oxygen atoms in total. The van der Waals surface area contributed by atoms with Crippen molar-refractivity contribution in [3.63, 3.8) is 0 Å². The summed E-state index contributed by atoms with van der Waals surface area (Å²) in [5, 5.41) is 9.19. The van der Waals surface area contributed by atoms with Gasteiger partial charge in [-0.3, -0.25) is 9.59 Å². The van der Waals surface area contributed by atoms with Crippen LogP contribution in [0, 0.1) is 6.92 Å². The molecule has 1 aliphatic carbocycles.